The van der Waals surface area contributed by atoms with E-state index in [4.69, 9.17) is 4.74 Å². The van der Waals surface area contributed by atoms with E-state index in [9.17, 15) is 30.5 Å². The predicted molar refractivity (Wildman–Crippen MR) is 95.1 cm³/mol. The summed E-state index contributed by atoms with van der Waals surface area (Å²) in [4.78, 5) is -2.05. The molecule has 0 aromatic rings. The van der Waals surface area contributed by atoms with Gasteiger partial charge in [0.05, 0.1) is 6.61 Å². The summed E-state index contributed by atoms with van der Waals surface area (Å²) < 4.78 is 88.8. The van der Waals surface area contributed by atoms with E-state index < -0.39 is 45.1 Å². The van der Waals surface area contributed by atoms with Crippen LogP contribution in [0.4, 0.5) is 17.6 Å². The van der Waals surface area contributed by atoms with Crippen molar-refractivity contribution in [3.63, 3.8) is 0 Å². The fourth-order valence-corrected chi connectivity index (χ4v) is 2.76. The van der Waals surface area contributed by atoms with Gasteiger partial charge in [0, 0.05) is 0 Å². The number of ether oxygens (including phenoxy) is 1. The van der Waals surface area contributed by atoms with Crippen LogP contribution in [-0.4, -0.2) is 19.6 Å². The van der Waals surface area contributed by atoms with Gasteiger partial charge < -0.3 is 9.29 Å². The van der Waals surface area contributed by atoms with E-state index in [1.807, 2.05) is 0 Å². The summed E-state index contributed by atoms with van der Waals surface area (Å²) >= 11 is 0. The molecule has 0 rings (SSSR count). The Kier molecular flexibility index (Phi) is 13.9. The summed E-state index contributed by atoms with van der Waals surface area (Å²) in [6, 6.07) is 0. The minimum absolute atomic E-state index is 0.133. The van der Waals surface area contributed by atoms with Crippen LogP contribution < -0.4 is 0 Å². The Balaban J connectivity index is 4.24. The second-order valence-electron chi connectivity index (χ2n) is 6.06. The lowest BCUT2D eigenvalue weighted by Gasteiger charge is -2.11. The molecule has 0 radical (unpaired) electrons. The molecule has 0 unspecified atom stereocenters. The van der Waals surface area contributed by atoms with E-state index in [1.165, 1.54) is 32.1 Å². The van der Waals surface area contributed by atoms with Crippen LogP contribution in [0, 0.1) is 0 Å². The Morgan fingerprint density at radius 3 is 1.74 bits per heavy atom. The van der Waals surface area contributed by atoms with Crippen LogP contribution >= 0.6 is 0 Å². The summed E-state index contributed by atoms with van der Waals surface area (Å²) in [5, 5.41) is 0. The maximum Gasteiger partial charge on any atom is 0.204 e. The van der Waals surface area contributed by atoms with Gasteiger partial charge in [-0.15, -0.1) is 0 Å². The van der Waals surface area contributed by atoms with Gasteiger partial charge in [0.25, 0.3) is 0 Å². The van der Waals surface area contributed by atoms with E-state index in [-0.39, 0.29) is 6.61 Å². The first kappa shape index (κ1) is 25.6. The Morgan fingerprint density at radius 2 is 1.33 bits per heavy atom. The molecule has 0 N–H and O–H groups in total. The fourth-order valence-electron chi connectivity index (χ4n) is 2.34. The summed E-state index contributed by atoms with van der Waals surface area (Å²) in [5.74, 6) is -5.65. The van der Waals surface area contributed by atoms with Gasteiger partial charge in [-0.2, -0.15) is 4.39 Å². The first-order chi connectivity index (χ1) is 12.8. The second-order valence-corrected chi connectivity index (χ2v) is 7.41. The van der Waals surface area contributed by atoms with Gasteiger partial charge in [0.2, 0.25) is 5.83 Å². The highest BCUT2D eigenvalue weighted by Crippen LogP contribution is 2.27. The van der Waals surface area contributed by atoms with E-state index in [2.05, 4.69) is 6.92 Å². The van der Waals surface area contributed by atoms with Crippen LogP contribution in [0.1, 0.15) is 71.1 Å². The first-order valence-corrected chi connectivity index (χ1v) is 10.5. The van der Waals surface area contributed by atoms with Crippen molar-refractivity contribution in [1.82, 2.24) is 0 Å². The van der Waals surface area contributed by atoms with Crippen molar-refractivity contribution in [2.75, 3.05) is 6.61 Å². The molecular formula is C18H27F4O4S-. The summed E-state index contributed by atoms with van der Waals surface area (Å²) in [5.41, 5.74) is 0. The van der Waals surface area contributed by atoms with Crippen molar-refractivity contribution in [2.24, 2.45) is 0 Å². The number of halogens is 4. The molecule has 0 aliphatic heterocycles. The van der Waals surface area contributed by atoms with Crippen LogP contribution in [0.15, 0.2) is 35.0 Å². The molecule has 0 saturated heterocycles. The molecule has 0 heterocycles. The van der Waals surface area contributed by atoms with Crippen LogP contribution in [0.5, 0.6) is 0 Å². The van der Waals surface area contributed by atoms with Gasteiger partial charge in [0.15, 0.2) is 11.6 Å². The number of allylic oxidation sites excluding steroid dienone is 2. The fraction of sp³-hybridized carbons (Fsp3) is 0.667. The van der Waals surface area contributed by atoms with Crippen LogP contribution in [0.2, 0.25) is 0 Å². The molecular weight excluding hydrogens is 388 g/mol. The average Bonchev–Trinajstić information content (AvgIpc) is 2.61. The molecule has 27 heavy (non-hydrogen) atoms. The van der Waals surface area contributed by atoms with Crippen molar-refractivity contribution < 1.29 is 35.3 Å². The Labute approximate surface area is 158 Å². The molecule has 9 heteroatoms. The lowest BCUT2D eigenvalue weighted by Crippen LogP contribution is -2.05. The third-order valence-corrected chi connectivity index (χ3v) is 4.66. The molecule has 0 fully saturated rings. The zero-order chi connectivity index (χ0) is 20.7. The van der Waals surface area contributed by atoms with Crippen LogP contribution in [0.3, 0.4) is 0 Å². The lowest BCUT2D eigenvalue weighted by atomic mass is 10.1. The highest BCUT2D eigenvalue weighted by atomic mass is 32.2. The highest BCUT2D eigenvalue weighted by Gasteiger charge is 2.22. The minimum atomic E-state index is -5.59. The minimum Gasteiger partial charge on any atom is -0.744 e. The molecule has 0 bridgehead atoms. The largest absolute Gasteiger partial charge is 0.744 e. The molecule has 158 valence electrons. The van der Waals surface area contributed by atoms with Gasteiger partial charge in [-0.25, -0.2) is 21.6 Å². The molecule has 0 aromatic heterocycles. The van der Waals surface area contributed by atoms with E-state index in [0.29, 0.717) is 6.42 Å². The number of hydrogen-bond donors (Lipinski definition) is 0. The van der Waals surface area contributed by atoms with Gasteiger partial charge in [-0.05, 0) is 6.42 Å². The van der Waals surface area contributed by atoms with Gasteiger partial charge in [0.1, 0.15) is 27.7 Å². The van der Waals surface area contributed by atoms with E-state index in [0.717, 1.165) is 25.7 Å². The molecule has 0 amide bonds. The highest BCUT2D eigenvalue weighted by molar-refractivity contribution is 7.90. The number of unbranched alkanes of at least 4 members (excludes halogenated alkanes) is 9. The zero-order valence-electron chi connectivity index (χ0n) is 15.5. The van der Waals surface area contributed by atoms with E-state index in [1.54, 1.807) is 0 Å². The molecule has 0 spiro atoms. The normalized spacial score (nSPS) is 14.3. The Bertz CT molecular complexity index is 613. The third kappa shape index (κ3) is 11.2. The van der Waals surface area contributed by atoms with Gasteiger partial charge in [-0.3, -0.25) is 0 Å². The SMILES string of the molecule is CCCCCCCCCCCCOC(=C\F)/C(F)=C(F)\C(=C\F)S(=O)(=O)[O-]. The monoisotopic (exact) mass is 415 g/mol. The second kappa shape index (κ2) is 14.7. The molecule has 0 saturated carbocycles. The quantitative estimate of drug-likeness (QED) is 0.104. The maximum atomic E-state index is 13.7. The molecule has 0 aliphatic carbocycles. The molecule has 0 aromatic carbocycles. The summed E-state index contributed by atoms with van der Waals surface area (Å²) in [7, 11) is -5.59. The van der Waals surface area contributed by atoms with Crippen molar-refractivity contribution in [2.45, 2.75) is 71.1 Å². The topological polar surface area (TPSA) is 66.4 Å². The Hall–Kier alpha value is -1.35. The van der Waals surface area contributed by atoms with Crippen LogP contribution in [0.25, 0.3) is 0 Å². The predicted octanol–water partition coefficient (Wildman–Crippen LogP) is 6.24. The van der Waals surface area contributed by atoms with Gasteiger partial charge >= 0.3 is 0 Å². The standard InChI is InChI=1S/C18H28F4O4S/c1-2-3-4-5-6-7-8-9-10-11-12-26-15(13-19)17(21)18(22)16(14-20)27(23,24)25/h13-14H,2-12H2,1H3,(H,23,24,25)/p-1/b15-13-,16-14-,18-17-. The molecule has 0 aliphatic rings. The van der Waals surface area contributed by atoms with Crippen molar-refractivity contribution in [3.8, 4) is 0 Å². The maximum absolute atomic E-state index is 13.7. The van der Waals surface area contributed by atoms with Gasteiger partial charge in [-0.1, -0.05) is 64.7 Å². The smallest absolute Gasteiger partial charge is 0.204 e. The molecule has 0 atom stereocenters. The first-order valence-electron chi connectivity index (χ1n) is 9.05. The number of rotatable bonds is 15. The third-order valence-electron chi connectivity index (χ3n) is 3.85. The van der Waals surface area contributed by atoms with Crippen molar-refractivity contribution >= 4 is 10.1 Å². The van der Waals surface area contributed by atoms with Crippen molar-refractivity contribution in [1.29, 1.82) is 0 Å². The average molecular weight is 415 g/mol. The van der Waals surface area contributed by atoms with Crippen molar-refractivity contribution in [3.05, 3.63) is 35.0 Å². The zero-order valence-corrected chi connectivity index (χ0v) is 16.3. The van der Waals surface area contributed by atoms with Crippen LogP contribution in [-0.2, 0) is 14.9 Å². The summed E-state index contributed by atoms with van der Waals surface area (Å²) in [6.07, 6.45) is 9.03. The number of hydrogen-bond acceptors (Lipinski definition) is 4. The summed E-state index contributed by atoms with van der Waals surface area (Å²) in [6.45, 7) is 2.02. The Morgan fingerprint density at radius 1 is 0.852 bits per heavy atom. The van der Waals surface area contributed by atoms with E-state index >= 15 is 0 Å². The molecule has 4 nitrogen and oxygen atoms in total. The lowest BCUT2D eigenvalue weighted by molar-refractivity contribution is 0.194.